The van der Waals surface area contributed by atoms with Crippen LogP contribution >= 0.6 is 11.3 Å². The lowest BCUT2D eigenvalue weighted by Gasteiger charge is -2.31. The fourth-order valence-corrected chi connectivity index (χ4v) is 4.27. The lowest BCUT2D eigenvalue weighted by Crippen LogP contribution is -2.37. The highest BCUT2D eigenvalue weighted by atomic mass is 32.1. The Kier molecular flexibility index (Phi) is 5.64. The van der Waals surface area contributed by atoms with Crippen LogP contribution in [0.25, 0.3) is 0 Å². The molecule has 1 aromatic carbocycles. The summed E-state index contributed by atoms with van der Waals surface area (Å²) in [5.74, 6) is 0.183. The third-order valence-electron chi connectivity index (χ3n) is 5.11. The average Bonchev–Trinajstić information content (AvgIpc) is 3.48. The molecule has 2 aromatic rings. The summed E-state index contributed by atoms with van der Waals surface area (Å²) >= 11 is 1.34. The lowest BCUT2D eigenvalue weighted by molar-refractivity contribution is -0.117. The minimum absolute atomic E-state index is 0.0336. The molecular weight excluding hydrogens is 374 g/mol. The highest BCUT2D eigenvalue weighted by molar-refractivity contribution is 7.18. The SMILES string of the molecule is CN(Cc1ccccc1N1CCOCC1)C(=O)c1ccc(NC(=O)C2CC2)s1. The molecule has 2 amide bonds. The van der Waals surface area contributed by atoms with Crippen molar-refractivity contribution in [3.8, 4) is 0 Å². The molecule has 0 spiro atoms. The lowest BCUT2D eigenvalue weighted by atomic mass is 10.1. The van der Waals surface area contributed by atoms with E-state index in [4.69, 9.17) is 4.74 Å². The van der Waals surface area contributed by atoms with Gasteiger partial charge < -0.3 is 19.9 Å². The third-order valence-corrected chi connectivity index (χ3v) is 6.10. The second-order valence-electron chi connectivity index (χ2n) is 7.32. The number of anilines is 2. The molecular formula is C21H25N3O3S. The third kappa shape index (κ3) is 4.36. The fraction of sp³-hybridized carbons (Fsp3) is 0.429. The zero-order chi connectivity index (χ0) is 19.5. The normalized spacial score (nSPS) is 16.7. The molecule has 0 atom stereocenters. The number of para-hydroxylation sites is 1. The van der Waals surface area contributed by atoms with Crippen molar-refractivity contribution < 1.29 is 14.3 Å². The van der Waals surface area contributed by atoms with E-state index < -0.39 is 0 Å². The highest BCUT2D eigenvalue weighted by Crippen LogP contribution is 2.32. The maximum absolute atomic E-state index is 12.9. The topological polar surface area (TPSA) is 61.9 Å². The van der Waals surface area contributed by atoms with E-state index in [0.717, 1.165) is 55.4 Å². The van der Waals surface area contributed by atoms with Gasteiger partial charge in [0.25, 0.3) is 5.91 Å². The van der Waals surface area contributed by atoms with Gasteiger partial charge in [0.1, 0.15) is 0 Å². The summed E-state index contributed by atoms with van der Waals surface area (Å²) in [5.41, 5.74) is 2.29. The molecule has 1 saturated heterocycles. The summed E-state index contributed by atoms with van der Waals surface area (Å²) in [5, 5.41) is 3.65. The van der Waals surface area contributed by atoms with Gasteiger partial charge in [0, 0.05) is 38.3 Å². The molecule has 0 radical (unpaired) electrons. The summed E-state index contributed by atoms with van der Waals surface area (Å²) in [6.07, 6.45) is 1.93. The number of hydrogen-bond donors (Lipinski definition) is 1. The number of rotatable bonds is 6. The summed E-state index contributed by atoms with van der Waals surface area (Å²) in [4.78, 5) is 29.5. The second kappa shape index (κ2) is 8.32. The molecule has 28 heavy (non-hydrogen) atoms. The molecule has 0 unspecified atom stereocenters. The molecule has 1 aliphatic heterocycles. The number of morpholine rings is 1. The number of amides is 2. The molecule has 1 aliphatic carbocycles. The number of hydrogen-bond acceptors (Lipinski definition) is 5. The molecule has 1 N–H and O–H groups in total. The fourth-order valence-electron chi connectivity index (χ4n) is 3.36. The van der Waals surface area contributed by atoms with Crippen molar-refractivity contribution in [2.75, 3.05) is 43.6 Å². The van der Waals surface area contributed by atoms with Crippen molar-refractivity contribution in [3.05, 3.63) is 46.8 Å². The number of thiophene rings is 1. The molecule has 0 bridgehead atoms. The maximum atomic E-state index is 12.9. The van der Waals surface area contributed by atoms with Gasteiger partial charge in [-0.2, -0.15) is 0 Å². The Bertz CT molecular complexity index is 856. The van der Waals surface area contributed by atoms with Gasteiger partial charge in [-0.05, 0) is 36.6 Å². The van der Waals surface area contributed by atoms with Crippen molar-refractivity contribution >= 4 is 33.8 Å². The Morgan fingerprint density at radius 1 is 1.18 bits per heavy atom. The minimum atomic E-state index is -0.0336. The first-order valence-corrected chi connectivity index (χ1v) is 10.5. The van der Waals surface area contributed by atoms with Crippen LogP contribution in [-0.2, 0) is 16.1 Å². The van der Waals surface area contributed by atoms with Crippen LogP contribution in [0.1, 0.15) is 28.1 Å². The quantitative estimate of drug-likeness (QED) is 0.810. The predicted molar refractivity (Wildman–Crippen MR) is 111 cm³/mol. The first-order chi connectivity index (χ1) is 13.6. The van der Waals surface area contributed by atoms with Crippen LogP contribution in [0.15, 0.2) is 36.4 Å². The summed E-state index contributed by atoms with van der Waals surface area (Å²) in [6.45, 7) is 3.72. The molecule has 1 saturated carbocycles. The van der Waals surface area contributed by atoms with Crippen molar-refractivity contribution in [1.82, 2.24) is 4.90 Å². The molecule has 2 aliphatic rings. The largest absolute Gasteiger partial charge is 0.378 e. The van der Waals surface area contributed by atoms with Gasteiger partial charge in [0.05, 0.1) is 23.1 Å². The van der Waals surface area contributed by atoms with Gasteiger partial charge in [-0.25, -0.2) is 0 Å². The number of carbonyl (C=O) groups is 2. The van der Waals surface area contributed by atoms with Gasteiger partial charge in [-0.15, -0.1) is 11.3 Å². The Labute approximate surface area is 169 Å². The predicted octanol–water partition coefficient (Wildman–Crippen LogP) is 3.21. The van der Waals surface area contributed by atoms with E-state index in [-0.39, 0.29) is 17.7 Å². The van der Waals surface area contributed by atoms with Gasteiger partial charge in [-0.3, -0.25) is 9.59 Å². The maximum Gasteiger partial charge on any atom is 0.264 e. The first-order valence-electron chi connectivity index (χ1n) is 9.68. The van der Waals surface area contributed by atoms with E-state index in [0.29, 0.717) is 11.4 Å². The second-order valence-corrected chi connectivity index (χ2v) is 8.40. The Balaban J connectivity index is 1.42. The average molecular weight is 400 g/mol. The standard InChI is InChI=1S/C21H25N3O3S/c1-23(14-16-4-2-3-5-17(16)24-10-12-27-13-11-24)21(26)18-8-9-19(28-18)22-20(25)15-6-7-15/h2-5,8-9,15H,6-7,10-14H2,1H3,(H,22,25). The molecule has 2 fully saturated rings. The molecule has 1 aromatic heterocycles. The summed E-state index contributed by atoms with van der Waals surface area (Å²) < 4.78 is 5.45. The van der Waals surface area contributed by atoms with Crippen LogP contribution in [0.5, 0.6) is 0 Å². The van der Waals surface area contributed by atoms with Crippen LogP contribution in [-0.4, -0.2) is 50.1 Å². The monoisotopic (exact) mass is 399 g/mol. The van der Waals surface area contributed by atoms with E-state index in [1.807, 2.05) is 25.2 Å². The number of nitrogens with one attached hydrogen (secondary N) is 1. The van der Waals surface area contributed by atoms with Gasteiger partial charge in [-0.1, -0.05) is 18.2 Å². The number of ether oxygens (including phenoxy) is 1. The molecule has 6 nitrogen and oxygen atoms in total. The van der Waals surface area contributed by atoms with Crippen LogP contribution < -0.4 is 10.2 Å². The Morgan fingerprint density at radius 3 is 2.68 bits per heavy atom. The van der Waals surface area contributed by atoms with Gasteiger partial charge in [0.15, 0.2) is 0 Å². The van der Waals surface area contributed by atoms with E-state index >= 15 is 0 Å². The van der Waals surface area contributed by atoms with E-state index in [2.05, 4.69) is 22.3 Å². The van der Waals surface area contributed by atoms with Crippen molar-refractivity contribution in [1.29, 1.82) is 0 Å². The zero-order valence-electron chi connectivity index (χ0n) is 16.0. The minimum Gasteiger partial charge on any atom is -0.378 e. The van der Waals surface area contributed by atoms with Crippen molar-refractivity contribution in [2.24, 2.45) is 5.92 Å². The van der Waals surface area contributed by atoms with Crippen LogP contribution in [0.3, 0.4) is 0 Å². The molecule has 4 rings (SSSR count). The first kappa shape index (κ1) is 19.0. The number of benzene rings is 1. The number of carbonyl (C=O) groups excluding carboxylic acids is 2. The Hall–Kier alpha value is -2.38. The van der Waals surface area contributed by atoms with Gasteiger partial charge >= 0.3 is 0 Å². The Morgan fingerprint density at radius 2 is 1.93 bits per heavy atom. The number of nitrogens with zero attached hydrogens (tertiary/aromatic N) is 2. The van der Waals surface area contributed by atoms with E-state index in [9.17, 15) is 9.59 Å². The van der Waals surface area contributed by atoms with Crippen LogP contribution in [0, 0.1) is 5.92 Å². The molecule has 2 heterocycles. The van der Waals surface area contributed by atoms with E-state index in [1.165, 1.54) is 11.3 Å². The highest BCUT2D eigenvalue weighted by Gasteiger charge is 2.30. The molecule has 7 heteroatoms. The summed E-state index contributed by atoms with van der Waals surface area (Å²) in [7, 11) is 1.82. The smallest absolute Gasteiger partial charge is 0.264 e. The zero-order valence-corrected chi connectivity index (χ0v) is 16.8. The molecule has 148 valence electrons. The van der Waals surface area contributed by atoms with Gasteiger partial charge in [0.2, 0.25) is 5.91 Å². The van der Waals surface area contributed by atoms with Crippen LogP contribution in [0.4, 0.5) is 10.7 Å². The van der Waals surface area contributed by atoms with Crippen molar-refractivity contribution in [3.63, 3.8) is 0 Å². The van der Waals surface area contributed by atoms with E-state index in [1.54, 1.807) is 11.0 Å². The van der Waals surface area contributed by atoms with Crippen molar-refractivity contribution in [2.45, 2.75) is 19.4 Å². The summed E-state index contributed by atoms with van der Waals surface area (Å²) in [6, 6.07) is 11.8. The van der Waals surface area contributed by atoms with Crippen LogP contribution in [0.2, 0.25) is 0 Å².